The van der Waals surface area contributed by atoms with Gasteiger partial charge in [0.1, 0.15) is 0 Å². The Morgan fingerprint density at radius 1 is 1.33 bits per heavy atom. The molecule has 4 nitrogen and oxygen atoms in total. The van der Waals surface area contributed by atoms with E-state index in [0.717, 1.165) is 53.9 Å². The van der Waals surface area contributed by atoms with Crippen LogP contribution in [-0.4, -0.2) is 33.2 Å². The second-order valence-corrected chi connectivity index (χ2v) is 7.07. The molecule has 1 saturated carbocycles. The zero-order valence-corrected chi connectivity index (χ0v) is 12.4. The molecular weight excluding hydrogens is 266 g/mol. The molecule has 0 spiro atoms. The minimum Gasteiger partial charge on any atom is -0.389 e. The SMILES string of the molecule is CCCNc1nnc(SCC2(O)CCCCC2)s1. The van der Waals surface area contributed by atoms with E-state index in [1.54, 1.807) is 23.1 Å². The highest BCUT2D eigenvalue weighted by atomic mass is 32.2. The maximum atomic E-state index is 10.4. The van der Waals surface area contributed by atoms with Gasteiger partial charge in [0, 0.05) is 12.3 Å². The Balaban J connectivity index is 1.80. The molecule has 2 N–H and O–H groups in total. The number of rotatable bonds is 6. The van der Waals surface area contributed by atoms with Crippen LogP contribution in [0.4, 0.5) is 5.13 Å². The minimum atomic E-state index is -0.481. The lowest BCUT2D eigenvalue weighted by Gasteiger charge is -2.31. The van der Waals surface area contributed by atoms with Gasteiger partial charge in [0.05, 0.1) is 5.60 Å². The van der Waals surface area contributed by atoms with Crippen molar-refractivity contribution in [3.63, 3.8) is 0 Å². The van der Waals surface area contributed by atoms with Crippen molar-refractivity contribution < 1.29 is 5.11 Å². The Morgan fingerprint density at radius 3 is 2.83 bits per heavy atom. The van der Waals surface area contributed by atoms with E-state index in [0.29, 0.717) is 0 Å². The molecule has 1 aliphatic rings. The van der Waals surface area contributed by atoms with Gasteiger partial charge in [-0.3, -0.25) is 0 Å². The van der Waals surface area contributed by atoms with Crippen LogP contribution in [-0.2, 0) is 0 Å². The Bertz CT molecular complexity index is 364. The summed E-state index contributed by atoms with van der Waals surface area (Å²) in [4.78, 5) is 0. The van der Waals surface area contributed by atoms with Crippen LogP contribution in [0, 0.1) is 0 Å². The molecule has 0 aromatic carbocycles. The number of anilines is 1. The molecule has 102 valence electrons. The first-order chi connectivity index (χ1) is 8.72. The van der Waals surface area contributed by atoms with Gasteiger partial charge >= 0.3 is 0 Å². The van der Waals surface area contributed by atoms with Crippen molar-refractivity contribution in [3.8, 4) is 0 Å². The third-order valence-electron chi connectivity index (χ3n) is 3.18. The first kappa shape index (κ1) is 14.1. The van der Waals surface area contributed by atoms with E-state index in [-0.39, 0.29) is 0 Å². The van der Waals surface area contributed by atoms with Gasteiger partial charge in [0.25, 0.3) is 0 Å². The van der Waals surface area contributed by atoms with Crippen LogP contribution in [0.2, 0.25) is 0 Å². The first-order valence-electron chi connectivity index (χ1n) is 6.64. The second kappa shape index (κ2) is 6.73. The monoisotopic (exact) mass is 287 g/mol. The van der Waals surface area contributed by atoms with Crippen molar-refractivity contribution in [1.29, 1.82) is 0 Å². The molecule has 6 heteroatoms. The molecule has 1 fully saturated rings. The molecule has 0 unspecified atom stereocenters. The van der Waals surface area contributed by atoms with Crippen molar-refractivity contribution in [2.75, 3.05) is 17.6 Å². The standard InChI is InChI=1S/C12H21N3OS2/c1-2-8-13-10-14-15-11(18-10)17-9-12(16)6-4-3-5-7-12/h16H,2-9H2,1H3,(H,13,14). The summed E-state index contributed by atoms with van der Waals surface area (Å²) in [5.74, 6) is 0.745. The predicted octanol–water partition coefficient (Wildman–Crippen LogP) is 3.15. The van der Waals surface area contributed by atoms with Crippen LogP contribution in [0.5, 0.6) is 0 Å². The maximum Gasteiger partial charge on any atom is 0.206 e. The number of hydrogen-bond acceptors (Lipinski definition) is 6. The molecular formula is C12H21N3OS2. The molecule has 2 rings (SSSR count). The smallest absolute Gasteiger partial charge is 0.206 e. The van der Waals surface area contributed by atoms with E-state index in [9.17, 15) is 5.11 Å². The van der Waals surface area contributed by atoms with Crippen molar-refractivity contribution in [1.82, 2.24) is 10.2 Å². The Hall–Kier alpha value is -0.330. The summed E-state index contributed by atoms with van der Waals surface area (Å²) < 4.78 is 0.951. The van der Waals surface area contributed by atoms with Gasteiger partial charge in [-0.15, -0.1) is 10.2 Å². The molecule has 18 heavy (non-hydrogen) atoms. The number of aromatic nitrogens is 2. The zero-order chi connectivity index (χ0) is 12.8. The summed E-state index contributed by atoms with van der Waals surface area (Å²) in [5, 5.41) is 22.8. The highest BCUT2D eigenvalue weighted by molar-refractivity contribution is 8.01. The van der Waals surface area contributed by atoms with Gasteiger partial charge in [-0.05, 0) is 19.3 Å². The molecule has 0 radical (unpaired) electrons. The summed E-state index contributed by atoms with van der Waals surface area (Å²) in [6.07, 6.45) is 6.51. The summed E-state index contributed by atoms with van der Waals surface area (Å²) in [5.41, 5.74) is -0.481. The number of nitrogens with zero attached hydrogens (tertiary/aromatic N) is 2. The Morgan fingerprint density at radius 2 is 2.11 bits per heavy atom. The van der Waals surface area contributed by atoms with Crippen molar-refractivity contribution in [2.45, 2.75) is 55.4 Å². The van der Waals surface area contributed by atoms with Crippen molar-refractivity contribution >= 4 is 28.2 Å². The Labute approximate surface area is 117 Å². The second-order valence-electron chi connectivity index (χ2n) is 4.87. The lowest BCUT2D eigenvalue weighted by atomic mass is 9.86. The minimum absolute atomic E-state index is 0.481. The average molecular weight is 287 g/mol. The largest absolute Gasteiger partial charge is 0.389 e. The summed E-state index contributed by atoms with van der Waals surface area (Å²) in [6, 6.07) is 0. The highest BCUT2D eigenvalue weighted by Gasteiger charge is 2.29. The molecule has 1 aliphatic carbocycles. The number of aliphatic hydroxyl groups is 1. The number of thioether (sulfide) groups is 1. The predicted molar refractivity (Wildman–Crippen MR) is 77.4 cm³/mol. The summed E-state index contributed by atoms with van der Waals surface area (Å²) in [6.45, 7) is 3.06. The maximum absolute atomic E-state index is 10.4. The van der Waals surface area contributed by atoms with Crippen LogP contribution in [0.25, 0.3) is 0 Å². The third kappa shape index (κ3) is 4.10. The molecule has 0 aliphatic heterocycles. The van der Waals surface area contributed by atoms with E-state index in [4.69, 9.17) is 0 Å². The van der Waals surface area contributed by atoms with Crippen LogP contribution < -0.4 is 5.32 Å². The molecule has 0 saturated heterocycles. The van der Waals surface area contributed by atoms with E-state index in [1.165, 1.54) is 6.42 Å². The number of hydrogen-bond donors (Lipinski definition) is 2. The van der Waals surface area contributed by atoms with Gasteiger partial charge in [-0.2, -0.15) is 0 Å². The van der Waals surface area contributed by atoms with E-state index >= 15 is 0 Å². The zero-order valence-electron chi connectivity index (χ0n) is 10.8. The summed E-state index contributed by atoms with van der Waals surface area (Å²) >= 11 is 3.21. The van der Waals surface area contributed by atoms with E-state index in [2.05, 4.69) is 22.4 Å². The summed E-state index contributed by atoms with van der Waals surface area (Å²) in [7, 11) is 0. The number of nitrogens with one attached hydrogen (secondary N) is 1. The van der Waals surface area contributed by atoms with Gasteiger partial charge in [-0.25, -0.2) is 0 Å². The molecule has 1 aromatic rings. The third-order valence-corrected chi connectivity index (χ3v) is 5.47. The fourth-order valence-corrected chi connectivity index (χ4v) is 4.05. The van der Waals surface area contributed by atoms with Gasteiger partial charge in [0.2, 0.25) is 5.13 Å². The molecule has 0 bridgehead atoms. The lowest BCUT2D eigenvalue weighted by Crippen LogP contribution is -2.33. The topological polar surface area (TPSA) is 58.0 Å². The first-order valence-corrected chi connectivity index (χ1v) is 8.45. The molecule has 1 heterocycles. The quantitative estimate of drug-likeness (QED) is 0.787. The van der Waals surface area contributed by atoms with E-state index < -0.39 is 5.60 Å². The van der Waals surface area contributed by atoms with Crippen LogP contribution in [0.15, 0.2) is 4.34 Å². The fraction of sp³-hybridized carbons (Fsp3) is 0.833. The van der Waals surface area contributed by atoms with Crippen LogP contribution in [0.3, 0.4) is 0 Å². The molecule has 0 amide bonds. The van der Waals surface area contributed by atoms with Crippen molar-refractivity contribution in [3.05, 3.63) is 0 Å². The fourth-order valence-electron chi connectivity index (χ4n) is 2.12. The Kier molecular flexibility index (Phi) is 5.26. The highest BCUT2D eigenvalue weighted by Crippen LogP contribution is 2.34. The average Bonchev–Trinajstić information content (AvgIpc) is 2.83. The van der Waals surface area contributed by atoms with Crippen LogP contribution >= 0.6 is 23.1 Å². The molecule has 0 atom stereocenters. The van der Waals surface area contributed by atoms with Crippen molar-refractivity contribution in [2.24, 2.45) is 0 Å². The van der Waals surface area contributed by atoms with Crippen LogP contribution in [0.1, 0.15) is 45.4 Å². The van der Waals surface area contributed by atoms with Gasteiger partial charge in [0.15, 0.2) is 4.34 Å². The lowest BCUT2D eigenvalue weighted by molar-refractivity contribution is 0.0273. The van der Waals surface area contributed by atoms with E-state index in [1.807, 2.05) is 0 Å². The van der Waals surface area contributed by atoms with Gasteiger partial charge in [-0.1, -0.05) is 49.3 Å². The normalized spacial score (nSPS) is 18.8. The van der Waals surface area contributed by atoms with Gasteiger partial charge < -0.3 is 10.4 Å². The molecule has 1 aromatic heterocycles.